The van der Waals surface area contributed by atoms with Crippen molar-refractivity contribution in [3.05, 3.63) is 41.7 Å². The molecule has 0 fully saturated rings. The molecule has 0 bridgehead atoms. The van der Waals surface area contributed by atoms with E-state index in [1.807, 2.05) is 0 Å². The van der Waals surface area contributed by atoms with Crippen LogP contribution in [0, 0.1) is 0 Å². The zero-order chi connectivity index (χ0) is 14.2. The largest absolute Gasteiger partial charge is 0.361 e. The molecule has 0 spiro atoms. The van der Waals surface area contributed by atoms with Crippen molar-refractivity contribution in [3.63, 3.8) is 0 Å². The minimum Gasteiger partial charge on any atom is -0.361 e. The monoisotopic (exact) mass is 256 g/mol. The van der Waals surface area contributed by atoms with E-state index in [9.17, 15) is 14.4 Å². The van der Waals surface area contributed by atoms with Gasteiger partial charge in [0, 0.05) is 23.0 Å². The van der Waals surface area contributed by atoms with Crippen molar-refractivity contribution in [2.75, 3.05) is 0 Å². The lowest BCUT2D eigenvalue weighted by molar-refractivity contribution is -0.124. The topological polar surface area (TPSA) is 79.0 Å². The number of carbonyl (C=O) groups is 3. The summed E-state index contributed by atoms with van der Waals surface area (Å²) in [6.45, 7) is 8.56. The number of H-pyrrole nitrogens is 1. The van der Waals surface area contributed by atoms with Crippen LogP contribution in [0.15, 0.2) is 24.9 Å². The maximum atomic E-state index is 11.8. The summed E-state index contributed by atoms with van der Waals surface area (Å²) in [6.07, 6.45) is 4.68. The molecule has 1 aromatic rings. The van der Waals surface area contributed by atoms with Gasteiger partial charge in [0.15, 0.2) is 5.78 Å². The standard InChI is InChI=1S/C14H12N2O3/c1-4-8-9(6-15-10(8)5-2)12-11(7(3)17)13(18)16-14(12)19/h4-6,15H,1-2H2,3H3,(H,16,18,19). The molecule has 1 aromatic heterocycles. The summed E-state index contributed by atoms with van der Waals surface area (Å²) in [6, 6.07) is 0. The molecule has 19 heavy (non-hydrogen) atoms. The first-order valence-electron chi connectivity index (χ1n) is 5.58. The number of Topliss-reactive ketones (excluding diaryl/α,β-unsaturated/α-hetero) is 1. The van der Waals surface area contributed by atoms with E-state index in [2.05, 4.69) is 23.5 Å². The van der Waals surface area contributed by atoms with E-state index < -0.39 is 17.6 Å². The minimum atomic E-state index is -0.663. The molecule has 5 heteroatoms. The number of hydrogen-bond donors (Lipinski definition) is 2. The van der Waals surface area contributed by atoms with Gasteiger partial charge in [-0.05, 0) is 13.0 Å². The molecule has 0 atom stereocenters. The Morgan fingerprint density at radius 1 is 1.21 bits per heavy atom. The molecule has 0 radical (unpaired) electrons. The van der Waals surface area contributed by atoms with Crippen LogP contribution in [0.25, 0.3) is 17.7 Å². The lowest BCUT2D eigenvalue weighted by Crippen LogP contribution is -2.24. The van der Waals surface area contributed by atoms with Crippen LogP contribution < -0.4 is 5.32 Å². The van der Waals surface area contributed by atoms with Crippen molar-refractivity contribution in [1.29, 1.82) is 0 Å². The molecule has 2 rings (SSSR count). The Labute approximate surface area is 109 Å². The quantitative estimate of drug-likeness (QED) is 0.629. The predicted octanol–water partition coefficient (Wildman–Crippen LogP) is 1.30. The summed E-state index contributed by atoms with van der Waals surface area (Å²) < 4.78 is 0. The van der Waals surface area contributed by atoms with Gasteiger partial charge in [-0.15, -0.1) is 0 Å². The number of aromatic amines is 1. The molecule has 1 aliphatic rings. The van der Waals surface area contributed by atoms with Gasteiger partial charge >= 0.3 is 0 Å². The highest BCUT2D eigenvalue weighted by atomic mass is 16.2. The summed E-state index contributed by atoms with van der Waals surface area (Å²) in [4.78, 5) is 37.9. The van der Waals surface area contributed by atoms with Crippen LogP contribution in [-0.4, -0.2) is 22.6 Å². The van der Waals surface area contributed by atoms with Gasteiger partial charge in [0.2, 0.25) is 0 Å². The van der Waals surface area contributed by atoms with Gasteiger partial charge in [-0.2, -0.15) is 0 Å². The Balaban J connectivity index is 2.75. The van der Waals surface area contributed by atoms with Crippen LogP contribution in [0.1, 0.15) is 23.7 Å². The fourth-order valence-electron chi connectivity index (χ4n) is 2.09. The average molecular weight is 256 g/mol. The molecule has 1 aliphatic heterocycles. The molecule has 5 nitrogen and oxygen atoms in total. The number of imide groups is 1. The molecule has 0 aromatic carbocycles. The third-order valence-electron chi connectivity index (χ3n) is 2.91. The molecule has 2 heterocycles. The van der Waals surface area contributed by atoms with Gasteiger partial charge in [0.1, 0.15) is 0 Å². The van der Waals surface area contributed by atoms with Crippen molar-refractivity contribution >= 4 is 35.3 Å². The highest BCUT2D eigenvalue weighted by Gasteiger charge is 2.35. The van der Waals surface area contributed by atoms with E-state index in [1.54, 1.807) is 18.3 Å². The molecular formula is C14H12N2O3. The van der Waals surface area contributed by atoms with Gasteiger partial charge in [0.05, 0.1) is 11.1 Å². The normalized spacial score (nSPS) is 14.6. The third-order valence-corrected chi connectivity index (χ3v) is 2.91. The second-order valence-electron chi connectivity index (χ2n) is 4.03. The van der Waals surface area contributed by atoms with Crippen molar-refractivity contribution in [2.24, 2.45) is 0 Å². The van der Waals surface area contributed by atoms with E-state index >= 15 is 0 Å². The van der Waals surface area contributed by atoms with Gasteiger partial charge in [0.25, 0.3) is 11.8 Å². The highest BCUT2D eigenvalue weighted by molar-refractivity contribution is 6.44. The van der Waals surface area contributed by atoms with Crippen LogP contribution in [0.3, 0.4) is 0 Å². The fraction of sp³-hybridized carbons (Fsp3) is 0.0714. The number of amides is 2. The number of carbonyl (C=O) groups excluding carboxylic acids is 3. The van der Waals surface area contributed by atoms with Crippen LogP contribution in [0.2, 0.25) is 0 Å². The van der Waals surface area contributed by atoms with Crippen LogP contribution in [0.4, 0.5) is 0 Å². The summed E-state index contributed by atoms with van der Waals surface area (Å²) in [7, 11) is 0. The van der Waals surface area contributed by atoms with Gasteiger partial charge in [-0.3, -0.25) is 19.7 Å². The summed E-state index contributed by atoms with van der Waals surface area (Å²) in [5.74, 6) is -1.69. The summed E-state index contributed by atoms with van der Waals surface area (Å²) in [5.41, 5.74) is 1.74. The molecule has 0 aliphatic carbocycles. The second-order valence-corrected chi connectivity index (χ2v) is 4.03. The smallest absolute Gasteiger partial charge is 0.262 e. The Hall–Kier alpha value is -2.69. The molecule has 2 amide bonds. The zero-order valence-corrected chi connectivity index (χ0v) is 10.4. The molecule has 0 unspecified atom stereocenters. The number of ketones is 1. The predicted molar refractivity (Wildman–Crippen MR) is 71.7 cm³/mol. The van der Waals surface area contributed by atoms with Crippen LogP contribution in [-0.2, 0) is 14.4 Å². The number of rotatable bonds is 4. The fourth-order valence-corrected chi connectivity index (χ4v) is 2.09. The van der Waals surface area contributed by atoms with Crippen LogP contribution >= 0.6 is 0 Å². The number of aromatic nitrogens is 1. The van der Waals surface area contributed by atoms with Crippen molar-refractivity contribution in [3.8, 4) is 0 Å². The lowest BCUT2D eigenvalue weighted by atomic mass is 9.97. The van der Waals surface area contributed by atoms with Gasteiger partial charge in [-0.1, -0.05) is 19.2 Å². The molecule has 2 N–H and O–H groups in total. The van der Waals surface area contributed by atoms with E-state index in [0.717, 1.165) is 0 Å². The lowest BCUT2D eigenvalue weighted by Gasteiger charge is -2.01. The SMILES string of the molecule is C=Cc1[nH]cc(C2=C(C(C)=O)C(=O)NC2=O)c1C=C. The van der Waals surface area contributed by atoms with Gasteiger partial charge < -0.3 is 4.98 Å². The Bertz CT molecular complexity index is 662. The van der Waals surface area contributed by atoms with E-state index in [1.165, 1.54) is 6.92 Å². The third kappa shape index (κ3) is 1.85. The average Bonchev–Trinajstić information content (AvgIpc) is 2.88. The van der Waals surface area contributed by atoms with E-state index in [0.29, 0.717) is 16.8 Å². The van der Waals surface area contributed by atoms with Crippen molar-refractivity contribution < 1.29 is 14.4 Å². The summed E-state index contributed by atoms with van der Waals surface area (Å²) >= 11 is 0. The van der Waals surface area contributed by atoms with Crippen molar-refractivity contribution in [1.82, 2.24) is 10.3 Å². The Kier molecular flexibility index (Phi) is 3.04. The minimum absolute atomic E-state index is 0.0803. The number of nitrogens with one attached hydrogen (secondary N) is 2. The first kappa shape index (κ1) is 12.8. The van der Waals surface area contributed by atoms with Gasteiger partial charge in [-0.25, -0.2) is 0 Å². The Morgan fingerprint density at radius 3 is 2.42 bits per heavy atom. The Morgan fingerprint density at radius 2 is 1.89 bits per heavy atom. The first-order chi connectivity index (χ1) is 9.01. The van der Waals surface area contributed by atoms with Crippen molar-refractivity contribution in [2.45, 2.75) is 6.92 Å². The second kappa shape index (κ2) is 4.53. The zero-order valence-electron chi connectivity index (χ0n) is 10.4. The maximum Gasteiger partial charge on any atom is 0.262 e. The molecule has 0 saturated carbocycles. The molecule has 96 valence electrons. The molecular weight excluding hydrogens is 244 g/mol. The first-order valence-corrected chi connectivity index (χ1v) is 5.58. The molecule has 0 saturated heterocycles. The van der Waals surface area contributed by atoms with E-state index in [-0.39, 0.29) is 11.1 Å². The van der Waals surface area contributed by atoms with Crippen LogP contribution in [0.5, 0.6) is 0 Å². The highest BCUT2D eigenvalue weighted by Crippen LogP contribution is 2.30. The number of hydrogen-bond acceptors (Lipinski definition) is 3. The van der Waals surface area contributed by atoms with E-state index in [4.69, 9.17) is 0 Å². The maximum absolute atomic E-state index is 11.8. The summed E-state index contributed by atoms with van der Waals surface area (Å²) in [5, 5.41) is 2.13.